The lowest BCUT2D eigenvalue weighted by atomic mass is 9.74. The zero-order valence-corrected chi connectivity index (χ0v) is 8.45. The zero-order chi connectivity index (χ0) is 10.2. The molecule has 0 atom stereocenters. The maximum absolute atomic E-state index is 11.1. The number of rotatable bonds is 5. The van der Waals surface area contributed by atoms with Crippen LogP contribution in [-0.4, -0.2) is 36.4 Å². The van der Waals surface area contributed by atoms with Crippen LogP contribution in [0.1, 0.15) is 25.7 Å². The molecule has 4 nitrogen and oxygen atoms in total. The minimum absolute atomic E-state index is 0.123. The highest BCUT2D eigenvalue weighted by atomic mass is 16.5. The summed E-state index contributed by atoms with van der Waals surface area (Å²) in [6.07, 6.45) is 3.82. The summed E-state index contributed by atoms with van der Waals surface area (Å²) < 4.78 is 5.11. The lowest BCUT2D eigenvalue weighted by molar-refractivity contribution is -0.156. The second-order valence-electron chi connectivity index (χ2n) is 4.48. The molecule has 0 aromatic rings. The molecular weight excluding hydrogens is 182 g/mol. The standard InChI is InChI=1S/C10H17NO3/c1-14-8-4-10(5-8,9(12)13)11-6-7-2-3-7/h7-8,11H,2-6H2,1H3,(H,12,13). The summed E-state index contributed by atoms with van der Waals surface area (Å²) in [5.74, 6) is -0.0146. The van der Waals surface area contributed by atoms with E-state index in [2.05, 4.69) is 5.32 Å². The van der Waals surface area contributed by atoms with Crippen LogP contribution in [0.2, 0.25) is 0 Å². The predicted octanol–water partition coefficient (Wildman–Crippen LogP) is 0.618. The van der Waals surface area contributed by atoms with Crippen molar-refractivity contribution < 1.29 is 14.6 Å². The SMILES string of the molecule is COC1CC(NCC2CC2)(C(=O)O)C1. The number of carboxylic acids is 1. The van der Waals surface area contributed by atoms with Crippen molar-refractivity contribution in [3.8, 4) is 0 Å². The van der Waals surface area contributed by atoms with Crippen molar-refractivity contribution in [2.75, 3.05) is 13.7 Å². The van der Waals surface area contributed by atoms with Gasteiger partial charge in [-0.05, 0) is 25.3 Å². The first-order valence-corrected chi connectivity index (χ1v) is 5.17. The lowest BCUT2D eigenvalue weighted by Crippen LogP contribution is -2.63. The van der Waals surface area contributed by atoms with E-state index in [1.165, 1.54) is 12.8 Å². The minimum atomic E-state index is -0.730. The van der Waals surface area contributed by atoms with Crippen molar-refractivity contribution >= 4 is 5.97 Å². The molecular formula is C10H17NO3. The van der Waals surface area contributed by atoms with Crippen LogP contribution in [0.5, 0.6) is 0 Å². The van der Waals surface area contributed by atoms with E-state index in [4.69, 9.17) is 9.84 Å². The van der Waals surface area contributed by atoms with Gasteiger partial charge in [0.25, 0.3) is 0 Å². The average Bonchev–Trinajstić information content (AvgIpc) is 2.85. The third-order valence-electron chi connectivity index (χ3n) is 3.32. The molecule has 2 aliphatic carbocycles. The van der Waals surface area contributed by atoms with Crippen molar-refractivity contribution in [2.24, 2.45) is 5.92 Å². The van der Waals surface area contributed by atoms with Crippen molar-refractivity contribution in [3.05, 3.63) is 0 Å². The molecule has 0 amide bonds. The van der Waals surface area contributed by atoms with Crippen molar-refractivity contribution in [2.45, 2.75) is 37.3 Å². The summed E-state index contributed by atoms with van der Waals surface area (Å²) in [5.41, 5.74) is -0.691. The highest BCUT2D eigenvalue weighted by Gasteiger charge is 2.51. The highest BCUT2D eigenvalue weighted by molar-refractivity contribution is 5.80. The first-order valence-electron chi connectivity index (χ1n) is 5.17. The number of carbonyl (C=O) groups is 1. The lowest BCUT2D eigenvalue weighted by Gasteiger charge is -2.44. The topological polar surface area (TPSA) is 58.6 Å². The van der Waals surface area contributed by atoms with Gasteiger partial charge < -0.3 is 15.2 Å². The molecule has 0 unspecified atom stereocenters. The number of ether oxygens (including phenoxy) is 1. The van der Waals surface area contributed by atoms with E-state index in [0.29, 0.717) is 18.8 Å². The zero-order valence-electron chi connectivity index (χ0n) is 8.45. The molecule has 80 valence electrons. The molecule has 0 aromatic heterocycles. The monoisotopic (exact) mass is 199 g/mol. The number of hydrogen-bond acceptors (Lipinski definition) is 3. The van der Waals surface area contributed by atoms with Gasteiger partial charge in [-0.2, -0.15) is 0 Å². The van der Waals surface area contributed by atoms with Crippen molar-refractivity contribution in [3.63, 3.8) is 0 Å². The molecule has 2 saturated carbocycles. The van der Waals surface area contributed by atoms with E-state index < -0.39 is 11.5 Å². The normalized spacial score (nSPS) is 36.5. The summed E-state index contributed by atoms with van der Waals surface area (Å²) in [7, 11) is 1.64. The van der Waals surface area contributed by atoms with E-state index >= 15 is 0 Å². The summed E-state index contributed by atoms with van der Waals surface area (Å²) in [5, 5.41) is 12.3. The quantitative estimate of drug-likeness (QED) is 0.681. The number of methoxy groups -OCH3 is 1. The van der Waals surface area contributed by atoms with Gasteiger partial charge in [0, 0.05) is 20.0 Å². The molecule has 2 aliphatic rings. The van der Waals surface area contributed by atoms with Gasteiger partial charge in [-0.25, -0.2) is 0 Å². The third-order valence-corrected chi connectivity index (χ3v) is 3.32. The Kier molecular flexibility index (Phi) is 2.49. The summed E-state index contributed by atoms with van der Waals surface area (Å²) >= 11 is 0. The summed E-state index contributed by atoms with van der Waals surface area (Å²) in [4.78, 5) is 11.1. The third kappa shape index (κ3) is 1.77. The smallest absolute Gasteiger partial charge is 0.324 e. The van der Waals surface area contributed by atoms with Gasteiger partial charge in [0.05, 0.1) is 6.10 Å². The molecule has 0 aromatic carbocycles. The van der Waals surface area contributed by atoms with Crippen LogP contribution in [0.4, 0.5) is 0 Å². The van der Waals surface area contributed by atoms with Gasteiger partial charge in [-0.1, -0.05) is 0 Å². The Balaban J connectivity index is 1.84. The van der Waals surface area contributed by atoms with E-state index in [0.717, 1.165) is 6.54 Å². The van der Waals surface area contributed by atoms with Crippen molar-refractivity contribution in [1.82, 2.24) is 5.32 Å². The molecule has 2 N–H and O–H groups in total. The van der Waals surface area contributed by atoms with Crippen molar-refractivity contribution in [1.29, 1.82) is 0 Å². The van der Waals surface area contributed by atoms with Crippen LogP contribution in [0, 0.1) is 5.92 Å². The molecule has 0 heterocycles. The highest BCUT2D eigenvalue weighted by Crippen LogP contribution is 2.36. The Morgan fingerprint density at radius 1 is 1.57 bits per heavy atom. The van der Waals surface area contributed by atoms with Crippen LogP contribution < -0.4 is 5.32 Å². The van der Waals surface area contributed by atoms with Gasteiger partial charge >= 0.3 is 5.97 Å². The minimum Gasteiger partial charge on any atom is -0.480 e. The first-order chi connectivity index (χ1) is 6.66. The van der Waals surface area contributed by atoms with E-state index in [1.54, 1.807) is 7.11 Å². The van der Waals surface area contributed by atoms with Gasteiger partial charge in [0.2, 0.25) is 0 Å². The Morgan fingerprint density at radius 2 is 2.21 bits per heavy atom. The summed E-state index contributed by atoms with van der Waals surface area (Å²) in [6, 6.07) is 0. The molecule has 0 saturated heterocycles. The molecule has 2 fully saturated rings. The molecule has 4 heteroatoms. The fourth-order valence-electron chi connectivity index (χ4n) is 1.94. The van der Waals surface area contributed by atoms with Gasteiger partial charge in [-0.3, -0.25) is 4.79 Å². The Hall–Kier alpha value is -0.610. The predicted molar refractivity (Wildman–Crippen MR) is 51.1 cm³/mol. The van der Waals surface area contributed by atoms with Gasteiger partial charge in [0.15, 0.2) is 0 Å². The largest absolute Gasteiger partial charge is 0.480 e. The number of hydrogen-bond donors (Lipinski definition) is 2. The molecule has 2 rings (SSSR count). The van der Waals surface area contributed by atoms with Gasteiger partial charge in [-0.15, -0.1) is 0 Å². The number of aliphatic carboxylic acids is 1. The Labute approximate surface area is 83.6 Å². The van der Waals surface area contributed by atoms with Crippen LogP contribution in [-0.2, 0) is 9.53 Å². The molecule has 0 bridgehead atoms. The second kappa shape index (κ2) is 3.51. The fourth-order valence-corrected chi connectivity index (χ4v) is 1.94. The van der Waals surface area contributed by atoms with E-state index in [1.807, 2.05) is 0 Å². The van der Waals surface area contributed by atoms with Crippen LogP contribution in [0.15, 0.2) is 0 Å². The van der Waals surface area contributed by atoms with E-state index in [9.17, 15) is 4.79 Å². The van der Waals surface area contributed by atoms with Crippen LogP contribution in [0.25, 0.3) is 0 Å². The number of carboxylic acid groups (broad SMARTS) is 1. The average molecular weight is 199 g/mol. The Bertz CT molecular complexity index is 232. The molecule has 0 radical (unpaired) electrons. The number of nitrogens with one attached hydrogen (secondary N) is 1. The van der Waals surface area contributed by atoms with E-state index in [-0.39, 0.29) is 6.10 Å². The van der Waals surface area contributed by atoms with Crippen LogP contribution >= 0.6 is 0 Å². The van der Waals surface area contributed by atoms with Gasteiger partial charge in [0.1, 0.15) is 5.54 Å². The molecule has 0 aliphatic heterocycles. The maximum Gasteiger partial charge on any atom is 0.324 e. The maximum atomic E-state index is 11.1. The van der Waals surface area contributed by atoms with Crippen LogP contribution in [0.3, 0.4) is 0 Å². The molecule has 0 spiro atoms. The fraction of sp³-hybridized carbons (Fsp3) is 0.900. The summed E-state index contributed by atoms with van der Waals surface area (Å²) in [6.45, 7) is 0.850. The second-order valence-corrected chi connectivity index (χ2v) is 4.48. The molecule has 14 heavy (non-hydrogen) atoms. The Morgan fingerprint density at radius 3 is 2.64 bits per heavy atom. The first kappa shape index (κ1) is 9.93.